The van der Waals surface area contributed by atoms with E-state index in [1.165, 1.54) is 18.2 Å². The third-order valence-electron chi connectivity index (χ3n) is 4.00. The molecule has 0 unspecified atom stereocenters. The van der Waals surface area contributed by atoms with Gasteiger partial charge in [0, 0.05) is 23.1 Å². The maximum Gasteiger partial charge on any atom is 0.342 e. The number of esters is 1. The van der Waals surface area contributed by atoms with Crippen molar-refractivity contribution in [2.45, 2.75) is 20.5 Å². The van der Waals surface area contributed by atoms with Gasteiger partial charge in [-0.25, -0.2) is 9.59 Å². The van der Waals surface area contributed by atoms with Crippen LogP contribution >= 0.6 is 0 Å². The second-order valence-corrected chi connectivity index (χ2v) is 5.80. The molecule has 0 spiro atoms. The third kappa shape index (κ3) is 3.33. The molecule has 2 N–H and O–H groups in total. The summed E-state index contributed by atoms with van der Waals surface area (Å²) in [7, 11) is 0. The number of benzene rings is 2. The number of phenols is 2. The molecule has 1 heterocycles. The van der Waals surface area contributed by atoms with Gasteiger partial charge in [0.25, 0.3) is 0 Å². The normalized spacial score (nSPS) is 10.8. The van der Waals surface area contributed by atoms with E-state index in [1.54, 1.807) is 6.07 Å². The van der Waals surface area contributed by atoms with Gasteiger partial charge in [-0.15, -0.1) is 0 Å². The van der Waals surface area contributed by atoms with Crippen molar-refractivity contribution in [2.75, 3.05) is 0 Å². The van der Waals surface area contributed by atoms with Crippen LogP contribution in [0.5, 0.6) is 11.5 Å². The number of hydrogen-bond donors (Lipinski definition) is 2. The van der Waals surface area contributed by atoms with E-state index in [2.05, 4.69) is 0 Å². The van der Waals surface area contributed by atoms with Crippen molar-refractivity contribution in [3.8, 4) is 11.5 Å². The number of ether oxygens (including phenoxy) is 1. The van der Waals surface area contributed by atoms with Crippen molar-refractivity contribution in [2.24, 2.45) is 0 Å². The number of carbonyl (C=O) groups is 1. The molecule has 3 rings (SSSR count). The maximum atomic E-state index is 12.1. The molecule has 3 aromatic rings. The van der Waals surface area contributed by atoms with Gasteiger partial charge in [-0.1, -0.05) is 0 Å². The van der Waals surface area contributed by atoms with Gasteiger partial charge < -0.3 is 19.4 Å². The van der Waals surface area contributed by atoms with Crippen LogP contribution in [0.3, 0.4) is 0 Å². The van der Waals surface area contributed by atoms with Crippen molar-refractivity contribution in [1.29, 1.82) is 0 Å². The summed E-state index contributed by atoms with van der Waals surface area (Å²) in [6, 6.07) is 8.50. The quantitative estimate of drug-likeness (QED) is 0.561. The average Bonchev–Trinajstić information content (AvgIpc) is 2.54. The first-order valence-corrected chi connectivity index (χ1v) is 7.58. The molecule has 6 nitrogen and oxygen atoms in total. The Labute approximate surface area is 142 Å². The highest BCUT2D eigenvalue weighted by molar-refractivity contribution is 5.92. The summed E-state index contributed by atoms with van der Waals surface area (Å²) < 4.78 is 10.4. The molecule has 2 aromatic carbocycles. The van der Waals surface area contributed by atoms with Crippen molar-refractivity contribution in [3.63, 3.8) is 0 Å². The first kappa shape index (κ1) is 16.6. The van der Waals surface area contributed by atoms with Crippen LogP contribution in [-0.4, -0.2) is 16.2 Å². The number of carbonyl (C=O) groups excluding carboxylic acids is 1. The van der Waals surface area contributed by atoms with Crippen LogP contribution < -0.4 is 5.63 Å². The van der Waals surface area contributed by atoms with E-state index in [0.29, 0.717) is 16.5 Å². The van der Waals surface area contributed by atoms with Gasteiger partial charge in [-0.3, -0.25) is 0 Å². The van der Waals surface area contributed by atoms with Crippen molar-refractivity contribution in [3.05, 3.63) is 69.1 Å². The lowest BCUT2D eigenvalue weighted by Gasteiger charge is -2.10. The number of hydrogen-bond acceptors (Lipinski definition) is 6. The van der Waals surface area contributed by atoms with E-state index in [-0.39, 0.29) is 23.7 Å². The highest BCUT2D eigenvalue weighted by atomic mass is 16.5. The Bertz CT molecular complexity index is 1030. The minimum atomic E-state index is -0.761. The Morgan fingerprint density at radius 1 is 1.08 bits per heavy atom. The third-order valence-corrected chi connectivity index (χ3v) is 4.00. The van der Waals surface area contributed by atoms with Crippen molar-refractivity contribution in [1.82, 2.24) is 0 Å². The minimum Gasteiger partial charge on any atom is -0.508 e. The Hall–Kier alpha value is -3.28. The zero-order chi connectivity index (χ0) is 18.1. The lowest BCUT2D eigenvalue weighted by atomic mass is 10.0. The molecule has 1 aromatic heterocycles. The van der Waals surface area contributed by atoms with Gasteiger partial charge in [-0.05, 0) is 49.2 Å². The summed E-state index contributed by atoms with van der Waals surface area (Å²) in [4.78, 5) is 23.9. The summed E-state index contributed by atoms with van der Waals surface area (Å²) in [5.74, 6) is -1.30. The van der Waals surface area contributed by atoms with Crippen molar-refractivity contribution >= 4 is 16.9 Å². The summed E-state index contributed by atoms with van der Waals surface area (Å²) in [6.45, 7) is 3.70. The molecule has 6 heteroatoms. The second kappa shape index (κ2) is 6.32. The van der Waals surface area contributed by atoms with Crippen LogP contribution in [0.15, 0.2) is 45.6 Å². The number of aromatic hydroxyl groups is 2. The molecule has 0 aliphatic rings. The fourth-order valence-electron chi connectivity index (χ4n) is 2.52. The van der Waals surface area contributed by atoms with Gasteiger partial charge in [0.05, 0.1) is 0 Å². The molecule has 128 valence electrons. The fourth-order valence-corrected chi connectivity index (χ4v) is 2.52. The van der Waals surface area contributed by atoms with Crippen molar-refractivity contribution < 1.29 is 24.2 Å². The van der Waals surface area contributed by atoms with Gasteiger partial charge >= 0.3 is 11.6 Å². The Morgan fingerprint density at radius 2 is 1.80 bits per heavy atom. The van der Waals surface area contributed by atoms with Gasteiger partial charge in [0.15, 0.2) is 0 Å². The molecule has 0 bridgehead atoms. The summed E-state index contributed by atoms with van der Waals surface area (Å²) in [5, 5.41) is 19.7. The first-order valence-electron chi connectivity index (χ1n) is 7.58. The van der Waals surface area contributed by atoms with E-state index >= 15 is 0 Å². The standard InChI is InChI=1S/C19H16O6/c1-10-5-15-12(7-18(22)25-17(15)6-11(10)2)9-24-19(23)14-4-3-13(20)8-16(14)21/h3-8,20-21H,9H2,1-2H3. The molecule has 25 heavy (non-hydrogen) atoms. The molecule has 0 fully saturated rings. The van der Waals surface area contributed by atoms with Crippen LogP contribution in [0.1, 0.15) is 27.0 Å². The van der Waals surface area contributed by atoms with Crippen LogP contribution in [0.25, 0.3) is 11.0 Å². The predicted molar refractivity (Wildman–Crippen MR) is 90.8 cm³/mol. The van der Waals surface area contributed by atoms with Gasteiger partial charge in [0.1, 0.15) is 29.3 Å². The molecule has 0 saturated heterocycles. The Balaban J connectivity index is 1.91. The van der Waals surface area contributed by atoms with E-state index in [9.17, 15) is 19.8 Å². The van der Waals surface area contributed by atoms with E-state index in [1.807, 2.05) is 19.9 Å². The zero-order valence-corrected chi connectivity index (χ0v) is 13.7. The van der Waals surface area contributed by atoms with Gasteiger partial charge in [-0.2, -0.15) is 0 Å². The van der Waals surface area contributed by atoms with E-state index in [4.69, 9.17) is 9.15 Å². The smallest absolute Gasteiger partial charge is 0.342 e. The Morgan fingerprint density at radius 3 is 2.52 bits per heavy atom. The zero-order valence-electron chi connectivity index (χ0n) is 13.7. The summed E-state index contributed by atoms with van der Waals surface area (Å²) >= 11 is 0. The molecule has 0 radical (unpaired) electrons. The predicted octanol–water partition coefficient (Wildman–Crippen LogP) is 3.18. The first-order chi connectivity index (χ1) is 11.8. The topological polar surface area (TPSA) is 97.0 Å². The lowest BCUT2D eigenvalue weighted by Crippen LogP contribution is -2.08. The van der Waals surface area contributed by atoms with Crippen LogP contribution in [0.4, 0.5) is 0 Å². The highest BCUT2D eigenvalue weighted by Gasteiger charge is 2.15. The molecule has 0 amide bonds. The largest absolute Gasteiger partial charge is 0.508 e. The fraction of sp³-hybridized carbons (Fsp3) is 0.158. The molecule has 0 saturated carbocycles. The number of phenolic OH excluding ortho intramolecular Hbond substituents is 2. The average molecular weight is 340 g/mol. The molecule has 0 atom stereocenters. The molecule has 0 aliphatic heterocycles. The SMILES string of the molecule is Cc1cc2oc(=O)cc(COC(=O)c3ccc(O)cc3O)c2cc1C. The van der Waals surface area contributed by atoms with Crippen LogP contribution in [-0.2, 0) is 11.3 Å². The number of aryl methyl sites for hydroxylation is 2. The summed E-state index contributed by atoms with van der Waals surface area (Å²) in [5.41, 5.74) is 2.34. The number of fused-ring (bicyclic) bond motifs is 1. The monoisotopic (exact) mass is 340 g/mol. The summed E-state index contributed by atoms with van der Waals surface area (Å²) in [6.07, 6.45) is 0. The highest BCUT2D eigenvalue weighted by Crippen LogP contribution is 2.25. The van der Waals surface area contributed by atoms with Crippen LogP contribution in [0.2, 0.25) is 0 Å². The van der Waals surface area contributed by atoms with Crippen LogP contribution in [0, 0.1) is 13.8 Å². The van der Waals surface area contributed by atoms with E-state index in [0.717, 1.165) is 17.2 Å². The maximum absolute atomic E-state index is 12.1. The van der Waals surface area contributed by atoms with Gasteiger partial charge in [0.2, 0.25) is 0 Å². The molecular weight excluding hydrogens is 324 g/mol. The second-order valence-electron chi connectivity index (χ2n) is 5.80. The molecule has 0 aliphatic carbocycles. The minimum absolute atomic E-state index is 0.0721. The van der Waals surface area contributed by atoms with E-state index < -0.39 is 11.6 Å². The molecular formula is C19H16O6. The lowest BCUT2D eigenvalue weighted by molar-refractivity contribution is 0.0470. The number of rotatable bonds is 3. The Kier molecular flexibility index (Phi) is 4.19.